The van der Waals surface area contributed by atoms with Crippen LogP contribution in [0.25, 0.3) is 0 Å². The Hall–Kier alpha value is -1.73. The normalized spacial score (nSPS) is 45.8. The van der Waals surface area contributed by atoms with Crippen molar-refractivity contribution in [1.29, 1.82) is 0 Å². The number of hydrogen-bond donors (Lipinski definition) is 0. The largest absolute Gasteiger partial charge is 0.465 e. The van der Waals surface area contributed by atoms with Gasteiger partial charge < -0.3 is 18.9 Å². The average Bonchev–Trinajstić information content (AvgIpc) is 3.34. The summed E-state index contributed by atoms with van der Waals surface area (Å²) >= 11 is 0. The van der Waals surface area contributed by atoms with E-state index in [1.165, 1.54) is 19.4 Å². The van der Waals surface area contributed by atoms with Crippen molar-refractivity contribution >= 4 is 17.7 Å². The maximum atomic E-state index is 13.1. The maximum absolute atomic E-state index is 13.1. The standard InChI is InChI=1S/C19H24O7/c1-10-5-6-18(8-23-11(2)20)13(7-10)26-16-14(22)15(25-12(3)21)17(18,4)19(16)9-24-19/h7,13,15-16H,5-6,8-9H2,1-4H3/t13?,15-,16?,17-,18-,19?/m1/s1. The Morgan fingerprint density at radius 1 is 1.31 bits per heavy atom. The monoisotopic (exact) mass is 364 g/mol. The average molecular weight is 364 g/mol. The lowest BCUT2D eigenvalue weighted by Crippen LogP contribution is -2.66. The molecule has 2 saturated heterocycles. The van der Waals surface area contributed by atoms with Gasteiger partial charge in [-0.15, -0.1) is 0 Å². The number of carbonyl (C=O) groups is 3. The van der Waals surface area contributed by atoms with Crippen LogP contribution in [0.4, 0.5) is 0 Å². The number of ketones is 1. The summed E-state index contributed by atoms with van der Waals surface area (Å²) in [7, 11) is 0. The first kappa shape index (κ1) is 17.7. The van der Waals surface area contributed by atoms with Gasteiger partial charge in [-0.3, -0.25) is 14.4 Å². The van der Waals surface area contributed by atoms with Crippen LogP contribution in [-0.2, 0) is 33.3 Å². The Balaban J connectivity index is 1.87. The number of ether oxygens (including phenoxy) is 4. The molecule has 0 amide bonds. The van der Waals surface area contributed by atoms with Gasteiger partial charge in [0.1, 0.15) is 12.2 Å². The van der Waals surface area contributed by atoms with E-state index in [4.69, 9.17) is 18.9 Å². The molecular weight excluding hydrogens is 340 g/mol. The van der Waals surface area contributed by atoms with E-state index in [9.17, 15) is 14.4 Å². The summed E-state index contributed by atoms with van der Waals surface area (Å²) < 4.78 is 23.0. The van der Waals surface area contributed by atoms with Crippen LogP contribution in [0.1, 0.15) is 40.5 Å². The van der Waals surface area contributed by atoms with Crippen molar-refractivity contribution in [2.45, 2.75) is 64.4 Å². The third kappa shape index (κ3) is 1.98. The highest BCUT2D eigenvalue weighted by molar-refractivity contribution is 5.96. The van der Waals surface area contributed by atoms with Gasteiger partial charge in [-0.05, 0) is 19.8 Å². The molecule has 6 atom stereocenters. The van der Waals surface area contributed by atoms with Crippen LogP contribution in [-0.4, -0.2) is 54.8 Å². The Bertz CT molecular complexity index is 721. The van der Waals surface area contributed by atoms with Gasteiger partial charge >= 0.3 is 11.9 Å². The Morgan fingerprint density at radius 2 is 2.00 bits per heavy atom. The molecule has 26 heavy (non-hydrogen) atoms. The lowest BCUT2D eigenvalue weighted by molar-refractivity contribution is -0.232. The van der Waals surface area contributed by atoms with E-state index < -0.39 is 46.7 Å². The molecule has 2 aliphatic heterocycles. The smallest absolute Gasteiger partial charge is 0.303 e. The van der Waals surface area contributed by atoms with E-state index in [0.717, 1.165) is 6.42 Å². The third-order valence-electron chi connectivity index (χ3n) is 6.88. The molecule has 0 aromatic carbocycles. The van der Waals surface area contributed by atoms with Crippen LogP contribution >= 0.6 is 0 Å². The number of epoxide rings is 1. The molecule has 2 heterocycles. The van der Waals surface area contributed by atoms with E-state index in [1.807, 2.05) is 19.9 Å². The Kier molecular flexibility index (Phi) is 3.66. The van der Waals surface area contributed by atoms with Crippen LogP contribution in [0.2, 0.25) is 0 Å². The maximum Gasteiger partial charge on any atom is 0.303 e. The van der Waals surface area contributed by atoms with Gasteiger partial charge in [0.25, 0.3) is 0 Å². The highest BCUT2D eigenvalue weighted by atomic mass is 16.6. The third-order valence-corrected chi connectivity index (χ3v) is 6.88. The van der Waals surface area contributed by atoms with Crippen LogP contribution in [0.15, 0.2) is 11.6 Å². The number of esters is 2. The lowest BCUT2D eigenvalue weighted by atomic mass is 9.51. The summed E-state index contributed by atoms with van der Waals surface area (Å²) in [5.41, 5.74) is -1.18. The number of Topliss-reactive ketones (excluding diaryl/α,β-unsaturated/α-hetero) is 1. The van der Waals surface area contributed by atoms with E-state index in [1.54, 1.807) is 0 Å². The summed E-state index contributed by atoms with van der Waals surface area (Å²) in [6.45, 7) is 7.06. The molecule has 0 aromatic rings. The van der Waals surface area contributed by atoms with E-state index in [2.05, 4.69) is 0 Å². The van der Waals surface area contributed by atoms with Crippen LogP contribution < -0.4 is 0 Å². The summed E-state index contributed by atoms with van der Waals surface area (Å²) in [6, 6.07) is 0. The Morgan fingerprint density at radius 3 is 2.58 bits per heavy atom. The zero-order chi connectivity index (χ0) is 18.9. The van der Waals surface area contributed by atoms with Crippen LogP contribution in [0, 0.1) is 10.8 Å². The number of rotatable bonds is 3. The number of carbonyl (C=O) groups excluding carboxylic acids is 3. The molecule has 2 aliphatic carbocycles. The highest BCUT2D eigenvalue weighted by Crippen LogP contribution is 2.71. The van der Waals surface area contributed by atoms with Crippen molar-refractivity contribution in [2.75, 3.05) is 13.2 Å². The zero-order valence-corrected chi connectivity index (χ0v) is 15.5. The van der Waals surface area contributed by atoms with Crippen molar-refractivity contribution in [3.63, 3.8) is 0 Å². The summed E-state index contributed by atoms with van der Waals surface area (Å²) in [5, 5.41) is 0. The van der Waals surface area contributed by atoms with Gasteiger partial charge in [0.15, 0.2) is 12.2 Å². The quantitative estimate of drug-likeness (QED) is 0.424. The van der Waals surface area contributed by atoms with Gasteiger partial charge in [0, 0.05) is 19.3 Å². The van der Waals surface area contributed by atoms with Gasteiger partial charge in [-0.1, -0.05) is 18.6 Å². The van der Waals surface area contributed by atoms with E-state index in [0.29, 0.717) is 13.0 Å². The molecular formula is C19H24O7. The fourth-order valence-corrected chi connectivity index (χ4v) is 5.35. The molecule has 1 spiro atoms. The van der Waals surface area contributed by atoms with Crippen LogP contribution in [0.3, 0.4) is 0 Å². The fraction of sp³-hybridized carbons (Fsp3) is 0.737. The number of hydrogen-bond acceptors (Lipinski definition) is 7. The molecule has 2 bridgehead atoms. The van der Waals surface area contributed by atoms with Crippen molar-refractivity contribution in [3.05, 3.63) is 11.6 Å². The topological polar surface area (TPSA) is 91.4 Å². The second-order valence-corrected chi connectivity index (χ2v) is 8.16. The number of allylic oxidation sites excluding steroid dienone is 1. The van der Waals surface area contributed by atoms with Gasteiger partial charge in [0.2, 0.25) is 5.78 Å². The van der Waals surface area contributed by atoms with Crippen LogP contribution in [0.5, 0.6) is 0 Å². The molecule has 0 aromatic heterocycles. The highest BCUT2D eigenvalue weighted by Gasteiger charge is 2.86. The molecule has 1 saturated carbocycles. The van der Waals surface area contributed by atoms with Gasteiger partial charge in [0.05, 0.1) is 18.1 Å². The van der Waals surface area contributed by atoms with Crippen molar-refractivity contribution in [3.8, 4) is 0 Å². The minimum absolute atomic E-state index is 0.0934. The lowest BCUT2D eigenvalue weighted by Gasteiger charge is -2.57. The SMILES string of the molecule is CC(=O)OC[C@]12CCC(C)=CC1OC1C(=O)[C@@H](OC(C)=O)[C@@]2(C)C12CO2. The van der Waals surface area contributed by atoms with Gasteiger partial charge in [-0.25, -0.2) is 0 Å². The predicted octanol–water partition coefficient (Wildman–Crippen LogP) is 1.33. The van der Waals surface area contributed by atoms with Crippen molar-refractivity contribution in [2.24, 2.45) is 10.8 Å². The molecule has 4 rings (SSSR count). The second-order valence-electron chi connectivity index (χ2n) is 8.16. The van der Waals surface area contributed by atoms with Gasteiger partial charge in [-0.2, -0.15) is 0 Å². The minimum atomic E-state index is -0.972. The first-order valence-electron chi connectivity index (χ1n) is 8.99. The second kappa shape index (κ2) is 5.39. The van der Waals surface area contributed by atoms with E-state index >= 15 is 0 Å². The Labute approximate surface area is 152 Å². The van der Waals surface area contributed by atoms with E-state index in [-0.39, 0.29) is 12.4 Å². The number of fused-ring (bicyclic) bond motifs is 2. The summed E-state index contributed by atoms with van der Waals surface area (Å²) in [4.78, 5) is 36.4. The molecule has 0 radical (unpaired) electrons. The fourth-order valence-electron chi connectivity index (χ4n) is 5.35. The van der Waals surface area contributed by atoms with Crippen molar-refractivity contribution in [1.82, 2.24) is 0 Å². The summed E-state index contributed by atoms with van der Waals surface area (Å²) in [5.74, 6) is -1.17. The first-order chi connectivity index (χ1) is 12.2. The first-order valence-corrected chi connectivity index (χ1v) is 8.99. The molecule has 4 aliphatic rings. The summed E-state index contributed by atoms with van der Waals surface area (Å²) in [6.07, 6.45) is 1.32. The zero-order valence-electron chi connectivity index (χ0n) is 15.5. The molecule has 0 N–H and O–H groups in total. The molecule has 7 heteroatoms. The molecule has 3 unspecified atom stereocenters. The van der Waals surface area contributed by atoms with Crippen molar-refractivity contribution < 1.29 is 33.3 Å². The predicted molar refractivity (Wildman–Crippen MR) is 88.1 cm³/mol. The molecule has 142 valence electrons. The molecule has 3 fully saturated rings. The minimum Gasteiger partial charge on any atom is -0.465 e. The molecule has 7 nitrogen and oxygen atoms in total.